The number of hydrogen-bond acceptors (Lipinski definition) is 5. The van der Waals surface area contributed by atoms with Crippen LogP contribution in [0.25, 0.3) is 5.57 Å². The molecule has 0 unspecified atom stereocenters. The number of phenols is 2. The Morgan fingerprint density at radius 3 is 2.77 bits per heavy atom. The third kappa shape index (κ3) is 2.45. The second-order valence-corrected chi connectivity index (χ2v) is 6.13. The molecular formula is C21H17NO4. The van der Waals surface area contributed by atoms with Crippen molar-refractivity contribution in [1.29, 1.82) is 0 Å². The van der Waals surface area contributed by atoms with Gasteiger partial charge in [0.15, 0.2) is 11.5 Å². The van der Waals surface area contributed by atoms with Crippen LogP contribution < -0.4 is 9.64 Å². The van der Waals surface area contributed by atoms with E-state index >= 15 is 0 Å². The minimum atomic E-state index is -0.567. The van der Waals surface area contributed by atoms with E-state index in [0.717, 1.165) is 22.5 Å². The number of benzene rings is 2. The van der Waals surface area contributed by atoms with E-state index in [0.29, 0.717) is 12.0 Å². The minimum Gasteiger partial charge on any atom is -0.504 e. The molecule has 1 heterocycles. The molecule has 4 rings (SSSR count). The summed E-state index contributed by atoms with van der Waals surface area (Å²) < 4.78 is 5.43. The molecule has 0 saturated heterocycles. The van der Waals surface area contributed by atoms with Crippen molar-refractivity contribution in [3.63, 3.8) is 0 Å². The zero-order chi connectivity index (χ0) is 18.3. The summed E-state index contributed by atoms with van der Waals surface area (Å²) in [5, 5.41) is 19.6. The fraction of sp³-hybridized carbons (Fsp3) is 0.0952. The van der Waals surface area contributed by atoms with Crippen LogP contribution in [0.15, 0.2) is 72.0 Å². The van der Waals surface area contributed by atoms with E-state index in [1.54, 1.807) is 0 Å². The Labute approximate surface area is 150 Å². The molecule has 5 heteroatoms. The van der Waals surface area contributed by atoms with Gasteiger partial charge in [-0.1, -0.05) is 36.4 Å². The first kappa shape index (κ1) is 16.0. The van der Waals surface area contributed by atoms with Crippen LogP contribution in [-0.4, -0.2) is 23.2 Å². The van der Waals surface area contributed by atoms with Crippen LogP contribution in [-0.2, 0) is 4.79 Å². The number of likely N-dealkylation sites (N-methyl/N-ethyl adjacent to an activating group) is 1. The molecule has 0 atom stereocenters. The molecule has 2 N–H and O–H groups in total. The Morgan fingerprint density at radius 1 is 1.12 bits per heavy atom. The predicted molar refractivity (Wildman–Crippen MR) is 99.0 cm³/mol. The largest absolute Gasteiger partial charge is 0.504 e. The first-order chi connectivity index (χ1) is 12.6. The molecule has 1 aliphatic carbocycles. The third-order valence-electron chi connectivity index (χ3n) is 4.60. The SMILES string of the molecule is CN1C2=CC=CCC2=C(C(=O)Oc2cccc(O)c2O)c2ccccc21. The molecule has 2 aromatic rings. The standard InChI is InChI=1S/C21H17NO4/c1-22-15-9-4-2-7-13(15)19(14-8-3-5-10-16(14)22)21(25)26-18-12-6-11-17(23)20(18)24/h2-7,9-12,23-24H,8H2,1H3. The van der Waals surface area contributed by atoms with Gasteiger partial charge in [-0.25, -0.2) is 4.79 Å². The number of ether oxygens (including phenoxy) is 1. The summed E-state index contributed by atoms with van der Waals surface area (Å²) in [5.41, 5.74) is 3.97. The number of nitrogens with zero attached hydrogens (tertiary/aromatic N) is 1. The van der Waals surface area contributed by atoms with E-state index in [9.17, 15) is 15.0 Å². The van der Waals surface area contributed by atoms with Gasteiger partial charge in [-0.05, 0) is 36.3 Å². The average molecular weight is 347 g/mol. The van der Waals surface area contributed by atoms with Crippen molar-refractivity contribution in [2.45, 2.75) is 6.42 Å². The summed E-state index contributed by atoms with van der Waals surface area (Å²) in [6.45, 7) is 0. The zero-order valence-corrected chi connectivity index (χ0v) is 14.1. The van der Waals surface area contributed by atoms with Crippen molar-refractivity contribution in [1.82, 2.24) is 0 Å². The Balaban J connectivity index is 1.83. The van der Waals surface area contributed by atoms with Crippen LogP contribution in [0.5, 0.6) is 17.2 Å². The van der Waals surface area contributed by atoms with Gasteiger partial charge >= 0.3 is 5.97 Å². The summed E-state index contributed by atoms with van der Waals surface area (Å²) in [6.07, 6.45) is 6.53. The molecule has 130 valence electrons. The number of para-hydroxylation sites is 2. The molecule has 0 fully saturated rings. The van der Waals surface area contributed by atoms with Crippen molar-refractivity contribution in [2.24, 2.45) is 0 Å². The lowest BCUT2D eigenvalue weighted by molar-refractivity contribution is -0.128. The normalized spacial score (nSPS) is 15.3. The number of carbonyl (C=O) groups excluding carboxylic acids is 1. The molecule has 0 saturated carbocycles. The number of hydrogen-bond donors (Lipinski definition) is 2. The van der Waals surface area contributed by atoms with Gasteiger partial charge in [0.1, 0.15) is 0 Å². The minimum absolute atomic E-state index is 0.0728. The van der Waals surface area contributed by atoms with Gasteiger partial charge in [0.25, 0.3) is 0 Å². The van der Waals surface area contributed by atoms with E-state index in [1.807, 2.05) is 49.5 Å². The Morgan fingerprint density at radius 2 is 1.92 bits per heavy atom. The second-order valence-electron chi connectivity index (χ2n) is 6.13. The number of phenolic OH excluding ortho intramolecular Hbond substituents is 2. The first-order valence-corrected chi connectivity index (χ1v) is 8.24. The van der Waals surface area contributed by atoms with Gasteiger partial charge in [0.2, 0.25) is 5.75 Å². The highest BCUT2D eigenvalue weighted by atomic mass is 16.5. The summed E-state index contributed by atoms with van der Waals surface area (Å²) in [4.78, 5) is 15.1. The van der Waals surface area contributed by atoms with E-state index in [2.05, 4.69) is 4.90 Å². The molecular weight excluding hydrogens is 330 g/mol. The maximum absolute atomic E-state index is 13.0. The molecule has 1 aliphatic heterocycles. The van der Waals surface area contributed by atoms with Crippen molar-refractivity contribution >= 4 is 17.2 Å². The summed E-state index contributed by atoms with van der Waals surface area (Å²) >= 11 is 0. The monoisotopic (exact) mass is 347 g/mol. The lowest BCUT2D eigenvalue weighted by Gasteiger charge is -2.34. The van der Waals surface area contributed by atoms with Crippen LogP contribution in [0.2, 0.25) is 0 Å². The molecule has 0 aromatic heterocycles. The van der Waals surface area contributed by atoms with Gasteiger partial charge in [-0.3, -0.25) is 0 Å². The number of carbonyl (C=O) groups is 1. The van der Waals surface area contributed by atoms with Gasteiger partial charge in [0.05, 0.1) is 5.57 Å². The maximum atomic E-state index is 13.0. The Hall–Kier alpha value is -3.47. The molecule has 0 amide bonds. The Kier molecular flexibility index (Phi) is 3.77. The van der Waals surface area contributed by atoms with Gasteiger partial charge in [0, 0.05) is 24.0 Å². The zero-order valence-electron chi connectivity index (χ0n) is 14.1. The highest BCUT2D eigenvalue weighted by molar-refractivity contribution is 6.22. The van der Waals surface area contributed by atoms with Crippen LogP contribution in [0.1, 0.15) is 12.0 Å². The van der Waals surface area contributed by atoms with E-state index in [1.165, 1.54) is 18.2 Å². The highest BCUT2D eigenvalue weighted by Gasteiger charge is 2.31. The molecule has 0 bridgehead atoms. The van der Waals surface area contributed by atoms with Crippen molar-refractivity contribution in [3.8, 4) is 17.2 Å². The number of esters is 1. The topological polar surface area (TPSA) is 70.0 Å². The molecule has 5 nitrogen and oxygen atoms in total. The summed E-state index contributed by atoms with van der Waals surface area (Å²) in [6, 6.07) is 11.9. The molecule has 2 aromatic carbocycles. The fourth-order valence-corrected chi connectivity index (χ4v) is 3.34. The van der Waals surface area contributed by atoms with Gasteiger partial charge < -0.3 is 19.8 Å². The predicted octanol–water partition coefficient (Wildman–Crippen LogP) is 3.75. The highest BCUT2D eigenvalue weighted by Crippen LogP contribution is 2.43. The van der Waals surface area contributed by atoms with E-state index in [-0.39, 0.29) is 11.5 Å². The van der Waals surface area contributed by atoms with Gasteiger partial charge in [-0.2, -0.15) is 0 Å². The molecule has 26 heavy (non-hydrogen) atoms. The lowest BCUT2D eigenvalue weighted by Crippen LogP contribution is -2.27. The van der Waals surface area contributed by atoms with Gasteiger partial charge in [-0.15, -0.1) is 0 Å². The molecule has 0 spiro atoms. The molecule has 0 radical (unpaired) electrons. The number of aromatic hydroxyl groups is 2. The van der Waals surface area contributed by atoms with Crippen molar-refractivity contribution in [3.05, 3.63) is 77.5 Å². The number of anilines is 1. The quantitative estimate of drug-likeness (QED) is 0.492. The fourth-order valence-electron chi connectivity index (χ4n) is 3.34. The Bertz CT molecular complexity index is 1000. The van der Waals surface area contributed by atoms with E-state index in [4.69, 9.17) is 4.74 Å². The second kappa shape index (κ2) is 6.11. The van der Waals surface area contributed by atoms with Crippen molar-refractivity contribution < 1.29 is 19.7 Å². The number of fused-ring (bicyclic) bond motifs is 2. The number of allylic oxidation sites excluding steroid dienone is 4. The smallest absolute Gasteiger partial charge is 0.344 e. The van der Waals surface area contributed by atoms with Crippen molar-refractivity contribution in [2.75, 3.05) is 11.9 Å². The first-order valence-electron chi connectivity index (χ1n) is 8.24. The van der Waals surface area contributed by atoms with Crippen LogP contribution >= 0.6 is 0 Å². The van der Waals surface area contributed by atoms with Crippen LogP contribution in [0.4, 0.5) is 5.69 Å². The summed E-state index contributed by atoms with van der Waals surface area (Å²) in [5.74, 6) is -1.43. The van der Waals surface area contributed by atoms with Crippen LogP contribution in [0.3, 0.4) is 0 Å². The maximum Gasteiger partial charge on any atom is 0.344 e. The third-order valence-corrected chi connectivity index (χ3v) is 4.60. The van der Waals surface area contributed by atoms with Crippen LogP contribution in [0, 0.1) is 0 Å². The number of rotatable bonds is 2. The summed E-state index contributed by atoms with van der Waals surface area (Å²) in [7, 11) is 1.97. The lowest BCUT2D eigenvalue weighted by atomic mass is 9.87. The molecule has 2 aliphatic rings. The van der Waals surface area contributed by atoms with E-state index < -0.39 is 11.7 Å². The average Bonchev–Trinajstić information content (AvgIpc) is 2.66.